The first-order chi connectivity index (χ1) is 16.5. The number of fused-ring (bicyclic) bond motifs is 2. The zero-order chi connectivity index (χ0) is 23.7. The first-order valence-corrected chi connectivity index (χ1v) is 12.3. The fraction of sp³-hybridized carbons (Fsp3) is 0.214. The van der Waals surface area contributed by atoms with Crippen LogP contribution in [0.15, 0.2) is 60.7 Å². The summed E-state index contributed by atoms with van der Waals surface area (Å²) >= 11 is 1.61. The monoisotopic (exact) mass is 469 g/mol. The maximum absolute atomic E-state index is 13.6. The molecule has 0 saturated heterocycles. The Bertz CT molecular complexity index is 1450. The summed E-state index contributed by atoms with van der Waals surface area (Å²) in [5, 5.41) is 6.15. The molecule has 2 heterocycles. The summed E-state index contributed by atoms with van der Waals surface area (Å²) in [5.41, 5.74) is 3.96. The molecule has 5 rings (SSSR count). The van der Waals surface area contributed by atoms with Crippen LogP contribution in [0.25, 0.3) is 23.1 Å². The van der Waals surface area contributed by atoms with Gasteiger partial charge in [0, 0.05) is 34.6 Å². The van der Waals surface area contributed by atoms with Gasteiger partial charge in [0.1, 0.15) is 6.04 Å². The van der Waals surface area contributed by atoms with Crippen LogP contribution < -0.4 is 20.0 Å². The topological polar surface area (TPSA) is 65.2 Å². The Labute approximate surface area is 202 Å². The van der Waals surface area contributed by atoms with Crippen molar-refractivity contribution in [3.63, 3.8) is 0 Å². The molecule has 6 heteroatoms. The van der Waals surface area contributed by atoms with Gasteiger partial charge in [-0.05, 0) is 41.8 Å². The minimum atomic E-state index is -0.657. The van der Waals surface area contributed by atoms with Crippen molar-refractivity contribution < 1.29 is 9.59 Å². The molecule has 0 radical (unpaired) electrons. The molecule has 0 unspecified atom stereocenters. The molecule has 2 aromatic carbocycles. The molecular formula is C28H27N3O2S. The summed E-state index contributed by atoms with van der Waals surface area (Å²) in [6.45, 7) is 1.98. The summed E-state index contributed by atoms with van der Waals surface area (Å²) in [7, 11) is 1.79. The number of H-pyrrole nitrogens is 1. The van der Waals surface area contributed by atoms with Crippen molar-refractivity contribution in [2.75, 3.05) is 11.9 Å². The van der Waals surface area contributed by atoms with Crippen LogP contribution >= 0.6 is 11.3 Å². The van der Waals surface area contributed by atoms with E-state index < -0.39 is 6.04 Å². The minimum absolute atomic E-state index is 0.118. The lowest BCUT2D eigenvalue weighted by atomic mass is 10.0. The van der Waals surface area contributed by atoms with E-state index in [1.807, 2.05) is 61.5 Å². The highest BCUT2D eigenvalue weighted by molar-refractivity contribution is 7.14. The minimum Gasteiger partial charge on any atom is -0.358 e. The van der Waals surface area contributed by atoms with Crippen molar-refractivity contribution >= 4 is 51.2 Å². The average Bonchev–Trinajstić information content (AvgIpc) is 3.52. The summed E-state index contributed by atoms with van der Waals surface area (Å²) in [5.74, 6) is -0.279. The number of nitrogens with one attached hydrogen (secondary N) is 2. The molecule has 0 spiro atoms. The van der Waals surface area contributed by atoms with Gasteiger partial charge in [-0.25, -0.2) is 0 Å². The van der Waals surface area contributed by atoms with Gasteiger partial charge in [0.2, 0.25) is 11.8 Å². The summed E-state index contributed by atoms with van der Waals surface area (Å²) < 4.78 is 1.20. The third kappa shape index (κ3) is 4.41. The van der Waals surface area contributed by atoms with Crippen LogP contribution in [0.3, 0.4) is 0 Å². The highest BCUT2D eigenvalue weighted by atomic mass is 32.1. The fourth-order valence-electron chi connectivity index (χ4n) is 4.54. The highest BCUT2D eigenvalue weighted by Gasteiger charge is 2.26. The molecule has 2 aromatic heterocycles. The molecule has 0 aliphatic heterocycles. The smallest absolute Gasteiger partial charge is 0.250 e. The van der Waals surface area contributed by atoms with Crippen LogP contribution in [-0.4, -0.2) is 29.9 Å². The Morgan fingerprint density at radius 1 is 1.09 bits per heavy atom. The third-order valence-electron chi connectivity index (χ3n) is 6.36. The van der Waals surface area contributed by atoms with E-state index in [9.17, 15) is 9.59 Å². The molecule has 5 nitrogen and oxygen atoms in total. The largest absolute Gasteiger partial charge is 0.358 e. The molecular weight excluding hydrogens is 442 g/mol. The van der Waals surface area contributed by atoms with Gasteiger partial charge in [0.25, 0.3) is 0 Å². The predicted octanol–water partition coefficient (Wildman–Crippen LogP) is 3.44. The second kappa shape index (κ2) is 9.31. The van der Waals surface area contributed by atoms with Crippen molar-refractivity contribution in [3.8, 4) is 0 Å². The number of likely N-dealkylation sites (N-methyl/N-ethyl adjacent to an activating group) is 1. The number of carbonyl (C=O) groups is 2. The highest BCUT2D eigenvalue weighted by Crippen LogP contribution is 2.23. The normalized spacial score (nSPS) is 13.1. The Morgan fingerprint density at radius 3 is 2.65 bits per heavy atom. The molecule has 34 heavy (non-hydrogen) atoms. The molecule has 2 amide bonds. The molecule has 1 aliphatic rings. The summed E-state index contributed by atoms with van der Waals surface area (Å²) in [6, 6.07) is 19.2. The number of thiophene rings is 1. The van der Waals surface area contributed by atoms with Gasteiger partial charge in [0.05, 0.1) is 11.4 Å². The molecule has 1 aliphatic carbocycles. The number of amides is 2. The number of hydrogen-bond acceptors (Lipinski definition) is 3. The second-order valence-electron chi connectivity index (χ2n) is 8.71. The van der Waals surface area contributed by atoms with Gasteiger partial charge in [-0.15, -0.1) is 11.3 Å². The van der Waals surface area contributed by atoms with Crippen molar-refractivity contribution in [2.45, 2.75) is 32.2 Å². The summed E-state index contributed by atoms with van der Waals surface area (Å²) in [4.78, 5) is 31.8. The molecule has 2 N–H and O–H groups in total. The zero-order valence-corrected chi connectivity index (χ0v) is 20.1. The molecule has 0 fully saturated rings. The van der Waals surface area contributed by atoms with Crippen LogP contribution in [0, 0.1) is 6.92 Å². The van der Waals surface area contributed by atoms with Crippen LogP contribution in [0.2, 0.25) is 0 Å². The van der Waals surface area contributed by atoms with Gasteiger partial charge in [-0.1, -0.05) is 60.7 Å². The van der Waals surface area contributed by atoms with Crippen molar-refractivity contribution in [1.29, 1.82) is 0 Å². The average molecular weight is 470 g/mol. The molecule has 4 aromatic rings. The Balaban J connectivity index is 1.38. The van der Waals surface area contributed by atoms with Gasteiger partial charge in [-0.3, -0.25) is 9.59 Å². The maximum Gasteiger partial charge on any atom is 0.250 e. The first-order valence-electron chi connectivity index (χ1n) is 11.5. The van der Waals surface area contributed by atoms with E-state index in [4.69, 9.17) is 0 Å². The number of aromatic nitrogens is 1. The van der Waals surface area contributed by atoms with Crippen LogP contribution in [-0.2, 0) is 22.4 Å². The van der Waals surface area contributed by atoms with Gasteiger partial charge < -0.3 is 15.2 Å². The van der Waals surface area contributed by atoms with E-state index in [0.717, 1.165) is 39.1 Å². The van der Waals surface area contributed by atoms with Crippen LogP contribution in [0.5, 0.6) is 0 Å². The van der Waals surface area contributed by atoms with E-state index in [2.05, 4.69) is 28.5 Å². The SMILES string of the molecule is Cc1[nH]c2ccccc2c1CC(=O)N[C@@H](Cc1ccccc1)C(=O)N(C)c1cc2c(s1)=CCC=2. The first kappa shape index (κ1) is 22.2. The van der Waals surface area contributed by atoms with Gasteiger partial charge in [-0.2, -0.15) is 0 Å². The van der Waals surface area contributed by atoms with Crippen LogP contribution in [0.1, 0.15) is 23.2 Å². The lowest BCUT2D eigenvalue weighted by Gasteiger charge is -2.24. The third-order valence-corrected chi connectivity index (χ3v) is 7.58. The Kier molecular flexibility index (Phi) is 6.07. The second-order valence-corrected chi connectivity index (χ2v) is 9.77. The lowest BCUT2D eigenvalue weighted by Crippen LogP contribution is -2.49. The molecule has 172 valence electrons. The number of nitrogens with zero attached hydrogens (tertiary/aromatic N) is 1. The van der Waals surface area contributed by atoms with Crippen molar-refractivity contribution in [1.82, 2.24) is 10.3 Å². The van der Waals surface area contributed by atoms with Crippen molar-refractivity contribution in [2.24, 2.45) is 0 Å². The summed E-state index contributed by atoms with van der Waals surface area (Å²) in [6.07, 6.45) is 5.94. The Morgan fingerprint density at radius 2 is 1.85 bits per heavy atom. The molecule has 0 bridgehead atoms. The maximum atomic E-state index is 13.6. The Hall–Kier alpha value is -3.64. The number of aryl methyl sites for hydroxylation is 1. The quantitative estimate of drug-likeness (QED) is 0.436. The number of para-hydroxylation sites is 1. The molecule has 1 atom stereocenters. The standard InChI is InChI=1S/C28H27N3O2S/c1-18-22(21-12-6-7-13-23(21)29-18)17-26(32)30-24(15-19-9-4-3-5-10-19)28(33)31(2)27-16-20-11-8-14-25(20)34-27/h3-7,9-14,16,24,29H,8,15,17H2,1-2H3,(H,30,32)/t24-/m0/s1. The van der Waals surface area contributed by atoms with Gasteiger partial charge in [0.15, 0.2) is 0 Å². The predicted molar refractivity (Wildman–Crippen MR) is 139 cm³/mol. The van der Waals surface area contributed by atoms with Crippen molar-refractivity contribution in [3.05, 3.63) is 87.2 Å². The fourth-order valence-corrected chi connectivity index (χ4v) is 5.62. The zero-order valence-electron chi connectivity index (χ0n) is 19.3. The van der Waals surface area contributed by atoms with E-state index in [1.54, 1.807) is 23.3 Å². The number of hydrogen-bond donors (Lipinski definition) is 2. The van der Waals surface area contributed by atoms with E-state index >= 15 is 0 Å². The van der Waals surface area contributed by atoms with E-state index in [1.165, 1.54) is 9.75 Å². The molecule has 0 saturated carbocycles. The van der Waals surface area contributed by atoms with Gasteiger partial charge >= 0.3 is 0 Å². The van der Waals surface area contributed by atoms with E-state index in [-0.39, 0.29) is 18.2 Å². The number of anilines is 1. The van der Waals surface area contributed by atoms with Crippen LogP contribution in [0.4, 0.5) is 5.00 Å². The van der Waals surface area contributed by atoms with E-state index in [0.29, 0.717) is 6.42 Å². The lowest BCUT2D eigenvalue weighted by molar-refractivity contribution is -0.127. The number of rotatable bonds is 7. The number of benzene rings is 2. The number of aromatic amines is 1. The number of carbonyl (C=O) groups excluding carboxylic acids is 2.